The first kappa shape index (κ1) is 17.9. The molecule has 25 heavy (non-hydrogen) atoms. The van der Waals surface area contributed by atoms with Crippen LogP contribution in [0.2, 0.25) is 0 Å². The van der Waals surface area contributed by atoms with Crippen LogP contribution in [-0.4, -0.2) is 60.4 Å². The predicted octanol–water partition coefficient (Wildman–Crippen LogP) is 1.99. The molecule has 2 aliphatic heterocycles. The number of amides is 2. The summed E-state index contributed by atoms with van der Waals surface area (Å²) >= 11 is 0. The normalized spacial score (nSPS) is 24.8. The quantitative estimate of drug-likeness (QED) is 0.910. The van der Waals surface area contributed by atoms with Crippen molar-refractivity contribution in [3.63, 3.8) is 0 Å². The van der Waals surface area contributed by atoms with E-state index in [1.807, 2.05) is 23.1 Å². The minimum absolute atomic E-state index is 0.00650. The molecule has 0 radical (unpaired) electrons. The van der Waals surface area contributed by atoms with Crippen molar-refractivity contribution in [1.82, 2.24) is 15.1 Å². The average molecular weight is 343 g/mol. The standard InChI is InChI=1S/C20H29N3O2/c1-16(24)21-19-14-23(13-18(19)17-9-5-4-6-10-17)20(25)15-22-11-7-2-3-8-12-22/h4-6,9-10,18-19H,2-3,7-8,11-15H2,1H3,(H,21,24)/t18-,19+/m0/s1. The van der Waals surface area contributed by atoms with Gasteiger partial charge in [-0.15, -0.1) is 0 Å². The van der Waals surface area contributed by atoms with E-state index in [1.54, 1.807) is 6.92 Å². The van der Waals surface area contributed by atoms with Gasteiger partial charge in [0.25, 0.3) is 0 Å². The zero-order valence-corrected chi connectivity index (χ0v) is 15.1. The lowest BCUT2D eigenvalue weighted by molar-refractivity contribution is -0.131. The number of nitrogens with one attached hydrogen (secondary N) is 1. The van der Waals surface area contributed by atoms with E-state index in [4.69, 9.17) is 0 Å². The number of hydrogen-bond donors (Lipinski definition) is 1. The zero-order valence-electron chi connectivity index (χ0n) is 15.1. The molecule has 1 aromatic carbocycles. The SMILES string of the molecule is CC(=O)N[C@@H]1CN(C(=O)CN2CCCCCC2)C[C@H]1c1ccccc1. The first-order valence-electron chi connectivity index (χ1n) is 9.45. The fourth-order valence-corrected chi connectivity index (χ4v) is 4.04. The highest BCUT2D eigenvalue weighted by atomic mass is 16.2. The molecule has 1 N–H and O–H groups in total. The minimum atomic E-state index is -0.0345. The van der Waals surface area contributed by atoms with Gasteiger partial charge < -0.3 is 10.2 Å². The molecule has 5 nitrogen and oxygen atoms in total. The molecular weight excluding hydrogens is 314 g/mol. The van der Waals surface area contributed by atoms with Crippen LogP contribution in [0.1, 0.15) is 44.1 Å². The first-order chi connectivity index (χ1) is 12.1. The van der Waals surface area contributed by atoms with Gasteiger partial charge in [0.1, 0.15) is 0 Å². The Kier molecular flexibility index (Phi) is 6.08. The Labute approximate surface area is 150 Å². The lowest BCUT2D eigenvalue weighted by Crippen LogP contribution is -2.42. The Balaban J connectivity index is 1.65. The zero-order chi connectivity index (χ0) is 17.6. The Morgan fingerprint density at radius 3 is 2.36 bits per heavy atom. The Morgan fingerprint density at radius 1 is 1.04 bits per heavy atom. The highest BCUT2D eigenvalue weighted by Gasteiger charge is 2.36. The van der Waals surface area contributed by atoms with E-state index < -0.39 is 0 Å². The van der Waals surface area contributed by atoms with Crippen molar-refractivity contribution >= 4 is 11.8 Å². The van der Waals surface area contributed by atoms with Gasteiger partial charge in [-0.2, -0.15) is 0 Å². The summed E-state index contributed by atoms with van der Waals surface area (Å²) in [6.45, 7) is 5.39. The molecule has 3 rings (SSSR count). The maximum absolute atomic E-state index is 12.8. The molecule has 2 atom stereocenters. The summed E-state index contributed by atoms with van der Waals surface area (Å²) in [5.41, 5.74) is 1.19. The highest BCUT2D eigenvalue weighted by Crippen LogP contribution is 2.28. The molecular formula is C20H29N3O2. The molecule has 2 aliphatic rings. The largest absolute Gasteiger partial charge is 0.351 e. The minimum Gasteiger partial charge on any atom is -0.351 e. The van der Waals surface area contributed by atoms with E-state index in [0.29, 0.717) is 19.6 Å². The van der Waals surface area contributed by atoms with Gasteiger partial charge in [-0.25, -0.2) is 0 Å². The van der Waals surface area contributed by atoms with Gasteiger partial charge in [0.2, 0.25) is 11.8 Å². The van der Waals surface area contributed by atoms with Crippen molar-refractivity contribution in [2.45, 2.75) is 44.6 Å². The van der Waals surface area contributed by atoms with E-state index in [-0.39, 0.29) is 23.8 Å². The third kappa shape index (κ3) is 4.82. The Hall–Kier alpha value is -1.88. The highest BCUT2D eigenvalue weighted by molar-refractivity contribution is 5.79. The van der Waals surface area contributed by atoms with E-state index >= 15 is 0 Å². The lowest BCUT2D eigenvalue weighted by Gasteiger charge is -2.23. The molecule has 0 saturated carbocycles. The molecule has 0 spiro atoms. The van der Waals surface area contributed by atoms with Crippen molar-refractivity contribution in [2.24, 2.45) is 0 Å². The van der Waals surface area contributed by atoms with Gasteiger partial charge in [-0.1, -0.05) is 43.2 Å². The van der Waals surface area contributed by atoms with Crippen LogP contribution in [0.4, 0.5) is 0 Å². The third-order valence-corrected chi connectivity index (χ3v) is 5.35. The summed E-state index contributed by atoms with van der Waals surface area (Å²) in [6, 6.07) is 10.2. The van der Waals surface area contributed by atoms with E-state index in [0.717, 1.165) is 13.1 Å². The molecule has 0 aromatic heterocycles. The van der Waals surface area contributed by atoms with Crippen LogP contribution < -0.4 is 5.32 Å². The summed E-state index contributed by atoms with van der Waals surface area (Å²) in [6.07, 6.45) is 4.92. The van der Waals surface area contributed by atoms with Crippen LogP contribution in [0.15, 0.2) is 30.3 Å². The van der Waals surface area contributed by atoms with Crippen molar-refractivity contribution in [2.75, 3.05) is 32.7 Å². The van der Waals surface area contributed by atoms with Crippen LogP contribution in [0.25, 0.3) is 0 Å². The summed E-state index contributed by atoms with van der Waals surface area (Å²) in [5, 5.41) is 3.04. The predicted molar refractivity (Wildman–Crippen MR) is 98.3 cm³/mol. The molecule has 0 bridgehead atoms. The van der Waals surface area contributed by atoms with Gasteiger partial charge in [-0.3, -0.25) is 14.5 Å². The molecule has 2 fully saturated rings. The monoisotopic (exact) mass is 343 g/mol. The number of likely N-dealkylation sites (tertiary alicyclic amines) is 2. The molecule has 0 unspecified atom stereocenters. The summed E-state index contributed by atoms with van der Waals surface area (Å²) in [4.78, 5) is 28.6. The van der Waals surface area contributed by atoms with Crippen LogP contribution >= 0.6 is 0 Å². The van der Waals surface area contributed by atoms with E-state index in [1.165, 1.54) is 31.2 Å². The van der Waals surface area contributed by atoms with Crippen LogP contribution in [0.5, 0.6) is 0 Å². The fourth-order valence-electron chi connectivity index (χ4n) is 4.04. The maximum atomic E-state index is 12.8. The maximum Gasteiger partial charge on any atom is 0.236 e. The van der Waals surface area contributed by atoms with E-state index in [9.17, 15) is 9.59 Å². The number of rotatable bonds is 4. The van der Waals surface area contributed by atoms with Gasteiger partial charge in [0, 0.05) is 25.9 Å². The van der Waals surface area contributed by atoms with Crippen molar-refractivity contribution in [1.29, 1.82) is 0 Å². The summed E-state index contributed by atoms with van der Waals surface area (Å²) in [5.74, 6) is 0.321. The van der Waals surface area contributed by atoms with Gasteiger partial charge in [-0.05, 0) is 31.5 Å². The fraction of sp³-hybridized carbons (Fsp3) is 0.600. The van der Waals surface area contributed by atoms with Gasteiger partial charge in [0.15, 0.2) is 0 Å². The number of hydrogen-bond acceptors (Lipinski definition) is 3. The Bertz CT molecular complexity index is 582. The van der Waals surface area contributed by atoms with Crippen LogP contribution in [0, 0.1) is 0 Å². The first-order valence-corrected chi connectivity index (χ1v) is 9.45. The summed E-state index contributed by atoms with van der Waals surface area (Å²) < 4.78 is 0. The topological polar surface area (TPSA) is 52.7 Å². The molecule has 1 aromatic rings. The van der Waals surface area contributed by atoms with Crippen molar-refractivity contribution in [3.8, 4) is 0 Å². The molecule has 136 valence electrons. The van der Waals surface area contributed by atoms with Gasteiger partial charge >= 0.3 is 0 Å². The van der Waals surface area contributed by atoms with Gasteiger partial charge in [0.05, 0.1) is 12.6 Å². The second kappa shape index (κ2) is 8.48. The molecule has 0 aliphatic carbocycles. The van der Waals surface area contributed by atoms with Crippen molar-refractivity contribution < 1.29 is 9.59 Å². The molecule has 2 saturated heterocycles. The second-order valence-corrected chi connectivity index (χ2v) is 7.31. The number of carbonyl (C=O) groups is 2. The summed E-state index contributed by atoms with van der Waals surface area (Å²) in [7, 11) is 0. The van der Waals surface area contributed by atoms with Crippen LogP contribution in [-0.2, 0) is 9.59 Å². The number of benzene rings is 1. The lowest BCUT2D eigenvalue weighted by atomic mass is 9.94. The van der Waals surface area contributed by atoms with Crippen molar-refractivity contribution in [3.05, 3.63) is 35.9 Å². The molecule has 5 heteroatoms. The molecule has 2 amide bonds. The smallest absolute Gasteiger partial charge is 0.236 e. The second-order valence-electron chi connectivity index (χ2n) is 7.31. The number of carbonyl (C=O) groups excluding carboxylic acids is 2. The number of nitrogens with zero attached hydrogens (tertiary/aromatic N) is 2. The third-order valence-electron chi connectivity index (χ3n) is 5.35. The average Bonchev–Trinajstić information content (AvgIpc) is 2.84. The van der Waals surface area contributed by atoms with Crippen LogP contribution in [0.3, 0.4) is 0 Å². The molecule has 2 heterocycles. The van der Waals surface area contributed by atoms with E-state index in [2.05, 4.69) is 22.3 Å². The Morgan fingerprint density at radius 2 is 1.72 bits per heavy atom.